The van der Waals surface area contributed by atoms with E-state index in [2.05, 4.69) is 59.4 Å². The molecule has 1 heterocycles. The first-order valence-electron chi connectivity index (χ1n) is 7.60. The second-order valence-electron chi connectivity index (χ2n) is 6.40. The van der Waals surface area contributed by atoms with Crippen LogP contribution in [0.5, 0.6) is 0 Å². The summed E-state index contributed by atoms with van der Waals surface area (Å²) in [4.78, 5) is 6.79. The van der Waals surface area contributed by atoms with Crippen molar-refractivity contribution in [3.63, 3.8) is 0 Å². The van der Waals surface area contributed by atoms with Gasteiger partial charge in [-0.2, -0.15) is 0 Å². The lowest BCUT2D eigenvalue weighted by atomic mass is 9.93. The van der Waals surface area contributed by atoms with Gasteiger partial charge >= 0.3 is 0 Å². The van der Waals surface area contributed by atoms with Crippen molar-refractivity contribution in [2.45, 2.75) is 33.1 Å². The Hall–Kier alpha value is -1.51. The standard InChI is InChI=1S/C17H27N3/c1-17(2)11-13-20(14-17)16(18-3)19-12-7-10-15-8-5-4-6-9-15/h4-6,8-9H,7,10-14H2,1-3H3,(H,18,19). The number of likely N-dealkylation sites (tertiary alicyclic amines) is 1. The minimum absolute atomic E-state index is 0.418. The van der Waals surface area contributed by atoms with Crippen molar-refractivity contribution in [3.8, 4) is 0 Å². The molecule has 1 aliphatic heterocycles. The highest BCUT2D eigenvalue weighted by Crippen LogP contribution is 2.28. The summed E-state index contributed by atoms with van der Waals surface area (Å²) in [6.07, 6.45) is 3.51. The van der Waals surface area contributed by atoms with Gasteiger partial charge in [0.05, 0.1) is 0 Å². The van der Waals surface area contributed by atoms with Gasteiger partial charge in [0.1, 0.15) is 0 Å². The van der Waals surface area contributed by atoms with Gasteiger partial charge in [0, 0.05) is 26.7 Å². The van der Waals surface area contributed by atoms with E-state index in [0.29, 0.717) is 5.41 Å². The number of benzene rings is 1. The largest absolute Gasteiger partial charge is 0.356 e. The van der Waals surface area contributed by atoms with Crippen molar-refractivity contribution in [1.29, 1.82) is 0 Å². The van der Waals surface area contributed by atoms with Crippen LogP contribution in [0.25, 0.3) is 0 Å². The Morgan fingerprint density at radius 3 is 2.65 bits per heavy atom. The average molecular weight is 273 g/mol. The molecule has 3 nitrogen and oxygen atoms in total. The molecule has 3 heteroatoms. The van der Waals surface area contributed by atoms with E-state index < -0.39 is 0 Å². The van der Waals surface area contributed by atoms with E-state index in [0.717, 1.165) is 38.4 Å². The Morgan fingerprint density at radius 2 is 2.05 bits per heavy atom. The Kier molecular flexibility index (Phi) is 5.05. The van der Waals surface area contributed by atoms with E-state index in [1.165, 1.54) is 12.0 Å². The number of nitrogens with one attached hydrogen (secondary N) is 1. The van der Waals surface area contributed by atoms with Crippen LogP contribution < -0.4 is 5.32 Å². The van der Waals surface area contributed by atoms with Crippen LogP contribution in [0.4, 0.5) is 0 Å². The molecule has 0 saturated carbocycles. The molecule has 0 bridgehead atoms. The van der Waals surface area contributed by atoms with Crippen LogP contribution in [0.1, 0.15) is 32.3 Å². The fraction of sp³-hybridized carbons (Fsp3) is 0.588. The minimum Gasteiger partial charge on any atom is -0.356 e. The highest BCUT2D eigenvalue weighted by molar-refractivity contribution is 5.80. The topological polar surface area (TPSA) is 27.6 Å². The molecule has 1 saturated heterocycles. The monoisotopic (exact) mass is 273 g/mol. The Balaban J connectivity index is 1.72. The first-order valence-corrected chi connectivity index (χ1v) is 7.60. The predicted molar refractivity (Wildman–Crippen MR) is 86.1 cm³/mol. The van der Waals surface area contributed by atoms with Gasteiger partial charge in [0.15, 0.2) is 5.96 Å². The number of aliphatic imine (C=N–C) groups is 1. The number of aryl methyl sites for hydroxylation is 1. The molecular formula is C17H27N3. The van der Waals surface area contributed by atoms with Crippen molar-refractivity contribution in [1.82, 2.24) is 10.2 Å². The maximum absolute atomic E-state index is 4.41. The molecule has 0 amide bonds. The van der Waals surface area contributed by atoms with Gasteiger partial charge < -0.3 is 10.2 Å². The van der Waals surface area contributed by atoms with E-state index in [1.807, 2.05) is 7.05 Å². The molecule has 1 aliphatic rings. The van der Waals surface area contributed by atoms with Gasteiger partial charge in [0.25, 0.3) is 0 Å². The van der Waals surface area contributed by atoms with Crippen LogP contribution in [0, 0.1) is 5.41 Å². The van der Waals surface area contributed by atoms with Gasteiger partial charge in [-0.3, -0.25) is 4.99 Å². The van der Waals surface area contributed by atoms with Crippen LogP contribution in [0.3, 0.4) is 0 Å². The van der Waals surface area contributed by atoms with Gasteiger partial charge in [0.2, 0.25) is 0 Å². The summed E-state index contributed by atoms with van der Waals surface area (Å²) < 4.78 is 0. The van der Waals surface area contributed by atoms with Crippen molar-refractivity contribution >= 4 is 5.96 Å². The molecular weight excluding hydrogens is 246 g/mol. The van der Waals surface area contributed by atoms with E-state index in [-0.39, 0.29) is 0 Å². The molecule has 0 aliphatic carbocycles. The lowest BCUT2D eigenvalue weighted by molar-refractivity contribution is 0.370. The molecule has 110 valence electrons. The zero-order valence-corrected chi connectivity index (χ0v) is 13.0. The minimum atomic E-state index is 0.418. The number of guanidine groups is 1. The van der Waals surface area contributed by atoms with Gasteiger partial charge in [-0.15, -0.1) is 0 Å². The van der Waals surface area contributed by atoms with Crippen molar-refractivity contribution in [3.05, 3.63) is 35.9 Å². The molecule has 1 fully saturated rings. The van der Waals surface area contributed by atoms with Crippen molar-refractivity contribution in [2.75, 3.05) is 26.7 Å². The summed E-state index contributed by atoms with van der Waals surface area (Å²) in [6, 6.07) is 10.7. The Labute approximate surface area is 123 Å². The van der Waals surface area contributed by atoms with Crippen LogP contribution in [0.2, 0.25) is 0 Å². The Morgan fingerprint density at radius 1 is 1.30 bits per heavy atom. The second kappa shape index (κ2) is 6.78. The van der Waals surface area contributed by atoms with E-state index >= 15 is 0 Å². The SMILES string of the molecule is CN=C(NCCCc1ccccc1)N1CCC(C)(C)C1. The number of nitrogens with zero attached hydrogens (tertiary/aromatic N) is 2. The second-order valence-corrected chi connectivity index (χ2v) is 6.40. The smallest absolute Gasteiger partial charge is 0.193 e. The third-order valence-electron chi connectivity index (χ3n) is 3.96. The molecule has 2 rings (SSSR count). The van der Waals surface area contributed by atoms with Crippen LogP contribution >= 0.6 is 0 Å². The fourth-order valence-corrected chi connectivity index (χ4v) is 2.76. The summed E-state index contributed by atoms with van der Waals surface area (Å²) in [5, 5.41) is 3.50. The van der Waals surface area contributed by atoms with Gasteiger partial charge in [-0.1, -0.05) is 44.2 Å². The normalized spacial score (nSPS) is 18.4. The fourth-order valence-electron chi connectivity index (χ4n) is 2.76. The number of rotatable bonds is 4. The number of hydrogen-bond acceptors (Lipinski definition) is 1. The zero-order valence-electron chi connectivity index (χ0n) is 13.0. The first-order chi connectivity index (χ1) is 9.61. The molecule has 0 atom stereocenters. The lowest BCUT2D eigenvalue weighted by Gasteiger charge is -2.23. The average Bonchev–Trinajstić information content (AvgIpc) is 2.80. The molecule has 0 radical (unpaired) electrons. The molecule has 20 heavy (non-hydrogen) atoms. The first kappa shape index (κ1) is 14.9. The maximum atomic E-state index is 4.41. The summed E-state index contributed by atoms with van der Waals surface area (Å²) >= 11 is 0. The molecule has 0 spiro atoms. The predicted octanol–water partition coefficient (Wildman–Crippen LogP) is 2.93. The Bertz CT molecular complexity index is 437. The highest BCUT2D eigenvalue weighted by Gasteiger charge is 2.30. The quantitative estimate of drug-likeness (QED) is 0.519. The molecule has 1 aromatic carbocycles. The van der Waals surface area contributed by atoms with Crippen LogP contribution in [-0.2, 0) is 6.42 Å². The van der Waals surface area contributed by atoms with Crippen LogP contribution in [-0.4, -0.2) is 37.5 Å². The molecule has 0 aromatic heterocycles. The molecule has 0 unspecified atom stereocenters. The number of hydrogen-bond donors (Lipinski definition) is 1. The summed E-state index contributed by atoms with van der Waals surface area (Å²) in [7, 11) is 1.88. The summed E-state index contributed by atoms with van der Waals surface area (Å²) in [5.41, 5.74) is 1.83. The van der Waals surface area contributed by atoms with Gasteiger partial charge in [-0.05, 0) is 30.2 Å². The molecule has 1 N–H and O–H groups in total. The molecule has 1 aromatic rings. The van der Waals surface area contributed by atoms with E-state index in [9.17, 15) is 0 Å². The summed E-state index contributed by atoms with van der Waals surface area (Å²) in [5.74, 6) is 1.06. The maximum Gasteiger partial charge on any atom is 0.193 e. The highest BCUT2D eigenvalue weighted by atomic mass is 15.3. The lowest BCUT2D eigenvalue weighted by Crippen LogP contribution is -2.41. The van der Waals surface area contributed by atoms with Crippen LogP contribution in [0.15, 0.2) is 35.3 Å². The third kappa shape index (κ3) is 4.26. The van der Waals surface area contributed by atoms with Crippen molar-refractivity contribution < 1.29 is 0 Å². The van der Waals surface area contributed by atoms with E-state index in [1.54, 1.807) is 0 Å². The van der Waals surface area contributed by atoms with Gasteiger partial charge in [-0.25, -0.2) is 0 Å². The van der Waals surface area contributed by atoms with E-state index in [4.69, 9.17) is 0 Å². The zero-order chi connectivity index (χ0) is 14.4. The van der Waals surface area contributed by atoms with Crippen molar-refractivity contribution in [2.24, 2.45) is 10.4 Å². The third-order valence-corrected chi connectivity index (χ3v) is 3.96. The summed E-state index contributed by atoms with van der Waals surface area (Å²) in [6.45, 7) is 7.86.